The minimum absolute atomic E-state index is 0.135. The smallest absolute Gasteiger partial charge is 0.257 e. The second-order valence-electron chi connectivity index (χ2n) is 6.32. The van der Waals surface area contributed by atoms with Gasteiger partial charge in [-0.05, 0) is 35.9 Å². The number of anilines is 1. The molecule has 1 N–H and O–H groups in total. The fourth-order valence-electron chi connectivity index (χ4n) is 2.73. The number of aromatic nitrogens is 2. The molecular formula is C20H21FN4O3S3. The number of halogens is 1. The van der Waals surface area contributed by atoms with E-state index in [1.807, 2.05) is 0 Å². The number of amides is 1. The molecule has 7 nitrogen and oxygen atoms in total. The summed E-state index contributed by atoms with van der Waals surface area (Å²) >= 11 is 2.51. The van der Waals surface area contributed by atoms with Crippen LogP contribution in [0.2, 0.25) is 0 Å². The van der Waals surface area contributed by atoms with Crippen LogP contribution in [-0.4, -0.2) is 41.9 Å². The third-order valence-electron chi connectivity index (χ3n) is 4.40. The molecule has 164 valence electrons. The lowest BCUT2D eigenvalue weighted by Gasteiger charge is -2.18. The highest BCUT2D eigenvalue weighted by atomic mass is 32.2. The lowest BCUT2D eigenvalue weighted by Crippen LogP contribution is -2.30. The first-order valence-corrected chi connectivity index (χ1v) is 12.7. The lowest BCUT2D eigenvalue weighted by molar-refractivity contribution is 0.102. The van der Waals surface area contributed by atoms with Gasteiger partial charge in [0.15, 0.2) is 4.34 Å². The molecule has 1 aromatic heterocycles. The van der Waals surface area contributed by atoms with Gasteiger partial charge >= 0.3 is 0 Å². The van der Waals surface area contributed by atoms with Crippen molar-refractivity contribution in [3.05, 3.63) is 65.5 Å². The molecule has 0 aliphatic carbocycles. The number of hydrogen-bond acceptors (Lipinski definition) is 7. The summed E-state index contributed by atoms with van der Waals surface area (Å²) in [5, 5.41) is 10.9. The first-order chi connectivity index (χ1) is 14.8. The van der Waals surface area contributed by atoms with Crippen molar-refractivity contribution < 1.29 is 17.6 Å². The summed E-state index contributed by atoms with van der Waals surface area (Å²) in [5.74, 6) is -0.300. The van der Waals surface area contributed by atoms with Crippen molar-refractivity contribution in [2.45, 2.75) is 28.8 Å². The van der Waals surface area contributed by atoms with Crippen LogP contribution in [0.15, 0.2) is 57.8 Å². The molecule has 3 aromatic rings. The average Bonchev–Trinajstić information content (AvgIpc) is 3.21. The van der Waals surface area contributed by atoms with E-state index in [4.69, 9.17) is 0 Å². The van der Waals surface area contributed by atoms with E-state index < -0.39 is 15.9 Å². The Morgan fingerprint density at radius 2 is 1.77 bits per heavy atom. The molecule has 0 saturated carbocycles. The van der Waals surface area contributed by atoms with Crippen LogP contribution in [0.4, 0.5) is 9.52 Å². The molecular weight excluding hydrogens is 459 g/mol. The minimum Gasteiger partial charge on any atom is -0.296 e. The molecule has 31 heavy (non-hydrogen) atoms. The van der Waals surface area contributed by atoms with Crippen molar-refractivity contribution in [2.24, 2.45) is 0 Å². The lowest BCUT2D eigenvalue weighted by atomic mass is 10.2. The number of thioether (sulfide) groups is 1. The molecule has 2 aromatic carbocycles. The Morgan fingerprint density at radius 1 is 1.10 bits per heavy atom. The van der Waals surface area contributed by atoms with Gasteiger partial charge < -0.3 is 0 Å². The van der Waals surface area contributed by atoms with Crippen molar-refractivity contribution in [3.8, 4) is 0 Å². The zero-order valence-corrected chi connectivity index (χ0v) is 19.4. The molecule has 1 amide bonds. The maximum atomic E-state index is 13.7. The van der Waals surface area contributed by atoms with Crippen LogP contribution in [-0.2, 0) is 15.8 Å². The molecule has 0 saturated heterocycles. The predicted octanol–water partition coefficient (Wildman–Crippen LogP) is 4.25. The minimum atomic E-state index is -3.58. The summed E-state index contributed by atoms with van der Waals surface area (Å²) in [7, 11) is -3.58. The van der Waals surface area contributed by atoms with Crippen LogP contribution >= 0.6 is 23.1 Å². The van der Waals surface area contributed by atoms with Crippen LogP contribution in [0.25, 0.3) is 0 Å². The van der Waals surface area contributed by atoms with Gasteiger partial charge in [0.1, 0.15) is 5.82 Å². The summed E-state index contributed by atoms with van der Waals surface area (Å²) in [4.78, 5) is 12.6. The first-order valence-electron chi connectivity index (χ1n) is 9.46. The van der Waals surface area contributed by atoms with Crippen LogP contribution < -0.4 is 5.32 Å². The normalized spacial score (nSPS) is 11.6. The molecule has 0 radical (unpaired) electrons. The Bertz CT molecular complexity index is 1150. The zero-order valence-electron chi connectivity index (χ0n) is 16.9. The predicted molar refractivity (Wildman–Crippen MR) is 120 cm³/mol. The van der Waals surface area contributed by atoms with E-state index in [2.05, 4.69) is 15.5 Å². The summed E-state index contributed by atoms with van der Waals surface area (Å²) in [6.07, 6.45) is 0. The highest BCUT2D eigenvalue weighted by molar-refractivity contribution is 8.00. The Hall–Kier alpha value is -2.34. The molecule has 0 bridgehead atoms. The number of carbonyl (C=O) groups is 1. The number of carbonyl (C=O) groups excluding carboxylic acids is 1. The van der Waals surface area contributed by atoms with E-state index in [0.29, 0.717) is 39.4 Å². The van der Waals surface area contributed by atoms with E-state index in [0.717, 1.165) is 0 Å². The number of sulfonamides is 1. The maximum absolute atomic E-state index is 13.7. The highest BCUT2D eigenvalue weighted by Crippen LogP contribution is 2.29. The van der Waals surface area contributed by atoms with Crippen LogP contribution in [0.5, 0.6) is 0 Å². The molecule has 0 atom stereocenters. The topological polar surface area (TPSA) is 92.3 Å². The molecule has 1 heterocycles. The molecule has 11 heteroatoms. The van der Waals surface area contributed by atoms with Crippen LogP contribution in [0, 0.1) is 5.82 Å². The maximum Gasteiger partial charge on any atom is 0.257 e. The number of rotatable bonds is 9. The standard InChI is InChI=1S/C20H21FN4O3S3/c1-3-25(4-2)31(27,28)16-11-9-14(10-12-16)18(26)22-19-23-24-20(30-19)29-13-15-7-5-6-8-17(15)21/h5-12H,3-4,13H2,1-2H3,(H,22,23,26). The van der Waals surface area contributed by atoms with Crippen molar-refractivity contribution in [1.29, 1.82) is 0 Å². The number of benzene rings is 2. The average molecular weight is 481 g/mol. The molecule has 0 spiro atoms. The van der Waals surface area contributed by atoms with Gasteiger partial charge in [0.25, 0.3) is 5.91 Å². The van der Waals surface area contributed by atoms with Crippen LogP contribution in [0.1, 0.15) is 29.8 Å². The van der Waals surface area contributed by atoms with E-state index >= 15 is 0 Å². The van der Waals surface area contributed by atoms with Gasteiger partial charge in [0.2, 0.25) is 15.2 Å². The fraction of sp³-hybridized carbons (Fsp3) is 0.250. The van der Waals surface area contributed by atoms with Gasteiger partial charge in [0, 0.05) is 24.4 Å². The fourth-order valence-corrected chi connectivity index (χ4v) is 5.93. The Balaban J connectivity index is 1.62. The molecule has 3 rings (SSSR count). The zero-order chi connectivity index (χ0) is 22.4. The quantitative estimate of drug-likeness (QED) is 0.364. The third kappa shape index (κ3) is 5.67. The van der Waals surface area contributed by atoms with Gasteiger partial charge in [-0.3, -0.25) is 10.1 Å². The Kier molecular flexibility index (Phi) is 7.76. The number of hydrogen-bond donors (Lipinski definition) is 1. The SMILES string of the molecule is CCN(CC)S(=O)(=O)c1ccc(C(=O)Nc2nnc(SCc3ccccc3F)s2)cc1. The van der Waals surface area contributed by atoms with Gasteiger partial charge in [-0.15, -0.1) is 10.2 Å². The van der Waals surface area contributed by atoms with Crippen LogP contribution in [0.3, 0.4) is 0 Å². The number of nitrogens with one attached hydrogen (secondary N) is 1. The second kappa shape index (κ2) is 10.3. The van der Waals surface area contributed by atoms with Gasteiger partial charge in [0.05, 0.1) is 4.90 Å². The second-order valence-corrected chi connectivity index (χ2v) is 10.5. The summed E-state index contributed by atoms with van der Waals surface area (Å²) in [5.41, 5.74) is 0.863. The van der Waals surface area contributed by atoms with Crippen molar-refractivity contribution >= 4 is 44.2 Å². The van der Waals surface area contributed by atoms with E-state index in [-0.39, 0.29) is 10.7 Å². The van der Waals surface area contributed by atoms with E-state index in [1.165, 1.54) is 57.7 Å². The Morgan fingerprint density at radius 3 is 2.42 bits per heavy atom. The molecule has 0 fully saturated rings. The van der Waals surface area contributed by atoms with E-state index in [1.54, 1.807) is 32.0 Å². The van der Waals surface area contributed by atoms with Crippen molar-refractivity contribution in [2.75, 3.05) is 18.4 Å². The van der Waals surface area contributed by atoms with Gasteiger partial charge in [-0.1, -0.05) is 55.1 Å². The Labute approximate surface area is 188 Å². The monoisotopic (exact) mass is 480 g/mol. The highest BCUT2D eigenvalue weighted by Gasteiger charge is 2.22. The van der Waals surface area contributed by atoms with Crippen molar-refractivity contribution in [1.82, 2.24) is 14.5 Å². The molecule has 0 aliphatic heterocycles. The van der Waals surface area contributed by atoms with E-state index in [9.17, 15) is 17.6 Å². The van der Waals surface area contributed by atoms with Crippen molar-refractivity contribution in [3.63, 3.8) is 0 Å². The molecule has 0 aliphatic rings. The van der Waals surface area contributed by atoms with Gasteiger partial charge in [-0.2, -0.15) is 4.31 Å². The molecule has 0 unspecified atom stereocenters. The summed E-state index contributed by atoms with van der Waals surface area (Å²) in [6, 6.07) is 12.3. The summed E-state index contributed by atoms with van der Waals surface area (Å²) in [6.45, 7) is 4.28. The summed E-state index contributed by atoms with van der Waals surface area (Å²) < 4.78 is 40.7. The third-order valence-corrected chi connectivity index (χ3v) is 8.48. The number of nitrogens with zero attached hydrogens (tertiary/aromatic N) is 3. The first kappa shape index (κ1) is 23.3. The largest absolute Gasteiger partial charge is 0.296 e. The van der Waals surface area contributed by atoms with Gasteiger partial charge in [-0.25, -0.2) is 12.8 Å².